The molecule has 2 aromatic rings. The molecular weight excluding hydrogens is 328 g/mol. The maximum atomic E-state index is 11.9. The van der Waals surface area contributed by atoms with Gasteiger partial charge in [0.05, 0.1) is 4.92 Å². The first-order valence-electron chi connectivity index (χ1n) is 7.29. The number of ether oxygens (including phenoxy) is 1. The van der Waals surface area contributed by atoms with Gasteiger partial charge in [0.25, 0.3) is 11.6 Å². The molecule has 0 aliphatic heterocycles. The number of aryl methyl sites for hydroxylation is 2. The zero-order chi connectivity index (χ0) is 18.6. The molecule has 0 aromatic heterocycles. The van der Waals surface area contributed by atoms with Crippen LogP contribution in [0.25, 0.3) is 0 Å². The smallest absolute Gasteiger partial charge is 0.342 e. The van der Waals surface area contributed by atoms with E-state index in [0.29, 0.717) is 11.3 Å². The van der Waals surface area contributed by atoms with Crippen LogP contribution in [-0.2, 0) is 9.53 Å². The minimum absolute atomic E-state index is 0.0371. The van der Waals surface area contributed by atoms with Gasteiger partial charge in [0, 0.05) is 17.8 Å². The van der Waals surface area contributed by atoms with E-state index in [-0.39, 0.29) is 17.0 Å². The van der Waals surface area contributed by atoms with Crippen LogP contribution < -0.4 is 5.32 Å². The number of phenols is 1. The van der Waals surface area contributed by atoms with Crippen LogP contribution in [0.1, 0.15) is 21.5 Å². The second-order valence-electron chi connectivity index (χ2n) is 5.40. The number of hydrogen-bond acceptors (Lipinski definition) is 6. The van der Waals surface area contributed by atoms with E-state index in [4.69, 9.17) is 4.74 Å². The summed E-state index contributed by atoms with van der Waals surface area (Å²) in [6, 6.07) is 8.45. The van der Waals surface area contributed by atoms with Gasteiger partial charge >= 0.3 is 5.97 Å². The summed E-state index contributed by atoms with van der Waals surface area (Å²) in [4.78, 5) is 33.9. The molecule has 8 nitrogen and oxygen atoms in total. The molecule has 0 spiro atoms. The number of nitrogens with one attached hydrogen (secondary N) is 1. The van der Waals surface area contributed by atoms with E-state index in [1.165, 1.54) is 30.3 Å². The van der Waals surface area contributed by atoms with Gasteiger partial charge in [-0.3, -0.25) is 14.9 Å². The molecule has 8 heteroatoms. The van der Waals surface area contributed by atoms with Gasteiger partial charge in [-0.2, -0.15) is 0 Å². The number of nitro groups is 1. The van der Waals surface area contributed by atoms with E-state index in [2.05, 4.69) is 5.32 Å². The number of nitro benzene ring substituents is 1. The molecule has 0 heterocycles. The maximum absolute atomic E-state index is 11.9. The van der Waals surface area contributed by atoms with Crippen molar-refractivity contribution >= 4 is 23.3 Å². The van der Waals surface area contributed by atoms with Crippen molar-refractivity contribution in [3.63, 3.8) is 0 Å². The summed E-state index contributed by atoms with van der Waals surface area (Å²) in [5.74, 6) is -1.65. The summed E-state index contributed by atoms with van der Waals surface area (Å²) in [6.07, 6.45) is 0. The molecule has 0 atom stereocenters. The second kappa shape index (κ2) is 7.43. The Bertz CT molecular complexity index is 847. The fourth-order valence-electron chi connectivity index (χ4n) is 2.11. The minimum atomic E-state index is -0.826. The number of nitrogens with zero attached hydrogens (tertiary/aromatic N) is 1. The lowest BCUT2D eigenvalue weighted by atomic mass is 10.1. The van der Waals surface area contributed by atoms with Crippen LogP contribution in [0.4, 0.5) is 11.4 Å². The number of esters is 1. The quantitative estimate of drug-likeness (QED) is 0.489. The van der Waals surface area contributed by atoms with Gasteiger partial charge in [-0.05, 0) is 43.2 Å². The second-order valence-corrected chi connectivity index (χ2v) is 5.40. The van der Waals surface area contributed by atoms with Crippen LogP contribution in [0.15, 0.2) is 36.4 Å². The molecule has 1 amide bonds. The zero-order valence-electron chi connectivity index (χ0n) is 13.6. The molecule has 0 radical (unpaired) electrons. The molecule has 0 saturated heterocycles. The molecule has 0 aliphatic carbocycles. The fraction of sp³-hybridized carbons (Fsp3) is 0.176. The third-order valence-corrected chi connectivity index (χ3v) is 3.40. The minimum Gasteiger partial charge on any atom is -0.507 e. The van der Waals surface area contributed by atoms with Crippen LogP contribution in [0, 0.1) is 24.0 Å². The fourth-order valence-corrected chi connectivity index (χ4v) is 2.11. The highest BCUT2D eigenvalue weighted by Crippen LogP contribution is 2.21. The molecule has 130 valence electrons. The molecule has 2 N–H and O–H groups in total. The van der Waals surface area contributed by atoms with Crippen molar-refractivity contribution in [2.45, 2.75) is 13.8 Å². The highest BCUT2D eigenvalue weighted by molar-refractivity contribution is 5.97. The SMILES string of the molecule is Cc1ccc(C(=O)OCC(=O)Nc2ccc([N+](=O)[O-])cc2C)c(O)c1. The van der Waals surface area contributed by atoms with Crippen molar-refractivity contribution in [1.82, 2.24) is 0 Å². The first-order valence-corrected chi connectivity index (χ1v) is 7.29. The third-order valence-electron chi connectivity index (χ3n) is 3.40. The van der Waals surface area contributed by atoms with E-state index >= 15 is 0 Å². The van der Waals surface area contributed by atoms with Gasteiger partial charge in [-0.15, -0.1) is 0 Å². The molecule has 0 aliphatic rings. The van der Waals surface area contributed by atoms with Crippen molar-refractivity contribution in [2.75, 3.05) is 11.9 Å². The zero-order valence-corrected chi connectivity index (χ0v) is 13.6. The van der Waals surface area contributed by atoms with Crippen molar-refractivity contribution in [3.05, 3.63) is 63.2 Å². The number of aromatic hydroxyl groups is 1. The summed E-state index contributed by atoms with van der Waals surface area (Å²) < 4.78 is 4.87. The van der Waals surface area contributed by atoms with Crippen LogP contribution >= 0.6 is 0 Å². The molecule has 0 saturated carbocycles. The van der Waals surface area contributed by atoms with E-state index < -0.39 is 23.4 Å². The number of benzene rings is 2. The maximum Gasteiger partial charge on any atom is 0.342 e. The Balaban J connectivity index is 1.96. The molecular formula is C17H16N2O6. The van der Waals surface area contributed by atoms with E-state index in [9.17, 15) is 24.8 Å². The van der Waals surface area contributed by atoms with Crippen molar-refractivity contribution < 1.29 is 24.4 Å². The van der Waals surface area contributed by atoms with Crippen molar-refractivity contribution in [3.8, 4) is 5.75 Å². The molecule has 2 aromatic carbocycles. The normalized spacial score (nSPS) is 10.2. The van der Waals surface area contributed by atoms with E-state index in [0.717, 1.165) is 5.56 Å². The first kappa shape index (κ1) is 17.9. The number of amides is 1. The van der Waals surface area contributed by atoms with Gasteiger partial charge in [-0.25, -0.2) is 4.79 Å². The lowest BCUT2D eigenvalue weighted by molar-refractivity contribution is -0.384. The standard InChI is InChI=1S/C17H16N2O6/c1-10-3-5-13(15(20)7-10)17(22)25-9-16(21)18-14-6-4-12(19(23)24)8-11(14)2/h3-8,20H,9H2,1-2H3,(H,18,21). The Labute approximate surface area is 143 Å². The highest BCUT2D eigenvalue weighted by atomic mass is 16.6. The van der Waals surface area contributed by atoms with Gasteiger partial charge in [0.1, 0.15) is 11.3 Å². The number of carbonyl (C=O) groups excluding carboxylic acids is 2. The lowest BCUT2D eigenvalue weighted by Gasteiger charge is -2.09. The summed E-state index contributed by atoms with van der Waals surface area (Å²) in [5, 5.41) is 22.9. The average molecular weight is 344 g/mol. The van der Waals surface area contributed by atoms with E-state index in [1.54, 1.807) is 19.9 Å². The van der Waals surface area contributed by atoms with Crippen LogP contribution in [-0.4, -0.2) is 28.5 Å². The van der Waals surface area contributed by atoms with Gasteiger partial charge in [0.15, 0.2) is 6.61 Å². The number of hydrogen-bond donors (Lipinski definition) is 2. The highest BCUT2D eigenvalue weighted by Gasteiger charge is 2.15. The van der Waals surface area contributed by atoms with Gasteiger partial charge in [-0.1, -0.05) is 6.07 Å². The van der Waals surface area contributed by atoms with Gasteiger partial charge in [0.2, 0.25) is 0 Å². The molecule has 0 unspecified atom stereocenters. The predicted molar refractivity (Wildman–Crippen MR) is 89.6 cm³/mol. The average Bonchev–Trinajstić information content (AvgIpc) is 2.54. The number of carbonyl (C=O) groups is 2. The third kappa shape index (κ3) is 4.54. The Hall–Kier alpha value is -3.42. The van der Waals surface area contributed by atoms with Crippen LogP contribution in [0.2, 0.25) is 0 Å². The summed E-state index contributed by atoms with van der Waals surface area (Å²) >= 11 is 0. The van der Waals surface area contributed by atoms with E-state index in [1.807, 2.05) is 0 Å². The number of rotatable bonds is 5. The summed E-state index contributed by atoms with van der Waals surface area (Å²) in [6.45, 7) is 2.82. The van der Waals surface area contributed by atoms with Crippen molar-refractivity contribution in [2.24, 2.45) is 0 Å². The Morgan fingerprint density at radius 3 is 2.52 bits per heavy atom. The van der Waals surface area contributed by atoms with Crippen LogP contribution in [0.5, 0.6) is 5.75 Å². The Morgan fingerprint density at radius 1 is 1.20 bits per heavy atom. The number of anilines is 1. The molecule has 25 heavy (non-hydrogen) atoms. The topological polar surface area (TPSA) is 119 Å². The lowest BCUT2D eigenvalue weighted by Crippen LogP contribution is -2.21. The monoisotopic (exact) mass is 344 g/mol. The number of phenolic OH excluding ortho intramolecular Hbond substituents is 1. The Kier molecular flexibility index (Phi) is 5.33. The van der Waals surface area contributed by atoms with Crippen LogP contribution in [0.3, 0.4) is 0 Å². The number of non-ortho nitro benzene ring substituents is 1. The summed E-state index contributed by atoms with van der Waals surface area (Å²) in [5.41, 5.74) is 1.54. The molecule has 0 fully saturated rings. The summed E-state index contributed by atoms with van der Waals surface area (Å²) in [7, 11) is 0. The Morgan fingerprint density at radius 2 is 1.92 bits per heavy atom. The first-order chi connectivity index (χ1) is 11.8. The predicted octanol–water partition coefficient (Wildman–Crippen LogP) is 2.71. The molecule has 2 rings (SSSR count). The molecule has 0 bridgehead atoms. The van der Waals surface area contributed by atoms with Gasteiger partial charge < -0.3 is 15.2 Å². The largest absolute Gasteiger partial charge is 0.507 e. The van der Waals surface area contributed by atoms with Crippen molar-refractivity contribution in [1.29, 1.82) is 0 Å².